The number of rotatable bonds is 3. The molecule has 0 N–H and O–H groups in total. The molecule has 1 aromatic carbocycles. The summed E-state index contributed by atoms with van der Waals surface area (Å²) < 4.78 is 4.67. The van der Waals surface area contributed by atoms with Crippen molar-refractivity contribution < 1.29 is 14.3 Å². The largest absolute Gasteiger partial charge is 0.465 e. The molecule has 1 fully saturated rings. The average molecular weight is 246 g/mol. The number of methoxy groups -OCH3 is 1. The van der Waals surface area contributed by atoms with E-state index in [1.807, 2.05) is 24.3 Å². The van der Waals surface area contributed by atoms with Crippen LogP contribution in [0.3, 0.4) is 0 Å². The van der Waals surface area contributed by atoms with Crippen molar-refractivity contribution in [2.45, 2.75) is 31.6 Å². The first kappa shape index (κ1) is 12.8. The van der Waals surface area contributed by atoms with Gasteiger partial charge in [0.15, 0.2) is 0 Å². The van der Waals surface area contributed by atoms with Gasteiger partial charge >= 0.3 is 5.97 Å². The number of ether oxygens (including phenoxy) is 1. The molecule has 0 heterocycles. The molecule has 0 unspecified atom stereocenters. The van der Waals surface area contributed by atoms with Gasteiger partial charge in [-0.05, 0) is 49.3 Å². The van der Waals surface area contributed by atoms with E-state index in [1.54, 1.807) is 0 Å². The molecule has 1 aliphatic rings. The smallest absolute Gasteiger partial charge is 0.337 e. The maximum atomic E-state index is 11.3. The van der Waals surface area contributed by atoms with E-state index in [0.717, 1.165) is 32.0 Å². The van der Waals surface area contributed by atoms with Crippen molar-refractivity contribution in [2.75, 3.05) is 7.11 Å². The number of aldehydes is 1. The Morgan fingerprint density at radius 1 is 1.17 bits per heavy atom. The first-order valence-corrected chi connectivity index (χ1v) is 6.38. The predicted molar refractivity (Wildman–Crippen MR) is 68.5 cm³/mol. The summed E-state index contributed by atoms with van der Waals surface area (Å²) in [5.74, 6) is 0.467. The molecule has 3 nitrogen and oxygen atoms in total. The van der Waals surface area contributed by atoms with Crippen molar-refractivity contribution >= 4 is 12.3 Å². The highest BCUT2D eigenvalue weighted by atomic mass is 16.5. The Morgan fingerprint density at radius 3 is 2.28 bits per heavy atom. The number of esters is 1. The molecule has 0 saturated heterocycles. The van der Waals surface area contributed by atoms with Crippen molar-refractivity contribution in [3.05, 3.63) is 35.4 Å². The molecule has 0 aliphatic heterocycles. The van der Waals surface area contributed by atoms with Gasteiger partial charge in [-0.25, -0.2) is 4.79 Å². The minimum atomic E-state index is -0.300. The third-order valence-corrected chi connectivity index (χ3v) is 3.77. The third kappa shape index (κ3) is 2.78. The lowest BCUT2D eigenvalue weighted by Crippen LogP contribution is -2.14. The van der Waals surface area contributed by atoms with Gasteiger partial charge in [0.2, 0.25) is 0 Å². The van der Waals surface area contributed by atoms with Crippen LogP contribution in [0.1, 0.15) is 47.5 Å². The molecular weight excluding hydrogens is 228 g/mol. The third-order valence-electron chi connectivity index (χ3n) is 3.77. The molecular formula is C15H18O3. The molecule has 0 amide bonds. The number of benzene rings is 1. The highest BCUT2D eigenvalue weighted by Gasteiger charge is 2.21. The fourth-order valence-electron chi connectivity index (χ4n) is 2.60. The average Bonchev–Trinajstić information content (AvgIpc) is 2.47. The Kier molecular flexibility index (Phi) is 4.13. The number of hydrogen-bond donors (Lipinski definition) is 0. The summed E-state index contributed by atoms with van der Waals surface area (Å²) in [6.07, 6.45) is 5.15. The van der Waals surface area contributed by atoms with Gasteiger partial charge in [-0.1, -0.05) is 12.1 Å². The van der Waals surface area contributed by atoms with E-state index in [4.69, 9.17) is 0 Å². The molecule has 1 aromatic rings. The van der Waals surface area contributed by atoms with Gasteiger partial charge in [0, 0.05) is 5.92 Å². The van der Waals surface area contributed by atoms with E-state index < -0.39 is 0 Å². The summed E-state index contributed by atoms with van der Waals surface area (Å²) in [6, 6.07) is 7.62. The van der Waals surface area contributed by atoms with Crippen LogP contribution in [-0.2, 0) is 9.53 Å². The zero-order valence-electron chi connectivity index (χ0n) is 10.6. The Labute approximate surface area is 107 Å². The van der Waals surface area contributed by atoms with Gasteiger partial charge in [0.25, 0.3) is 0 Å². The van der Waals surface area contributed by atoms with Crippen LogP contribution in [0.15, 0.2) is 24.3 Å². The van der Waals surface area contributed by atoms with Crippen molar-refractivity contribution in [3.8, 4) is 0 Å². The van der Waals surface area contributed by atoms with Crippen LogP contribution in [0.25, 0.3) is 0 Å². The Balaban J connectivity index is 2.02. The van der Waals surface area contributed by atoms with Crippen LogP contribution in [-0.4, -0.2) is 19.4 Å². The first-order valence-electron chi connectivity index (χ1n) is 6.38. The maximum absolute atomic E-state index is 11.3. The van der Waals surface area contributed by atoms with Gasteiger partial charge in [-0.2, -0.15) is 0 Å². The van der Waals surface area contributed by atoms with Crippen LogP contribution < -0.4 is 0 Å². The van der Waals surface area contributed by atoms with Gasteiger partial charge in [0.1, 0.15) is 6.29 Å². The predicted octanol–water partition coefficient (Wildman–Crippen LogP) is 2.95. The fraction of sp³-hybridized carbons (Fsp3) is 0.467. The summed E-state index contributed by atoms with van der Waals surface area (Å²) in [6.45, 7) is 0. The molecule has 18 heavy (non-hydrogen) atoms. The van der Waals surface area contributed by atoms with Gasteiger partial charge < -0.3 is 9.53 Å². The van der Waals surface area contributed by atoms with E-state index in [9.17, 15) is 9.59 Å². The van der Waals surface area contributed by atoms with Crippen LogP contribution in [0.4, 0.5) is 0 Å². The molecule has 0 radical (unpaired) electrons. The van der Waals surface area contributed by atoms with Gasteiger partial charge in [-0.3, -0.25) is 0 Å². The second-order valence-electron chi connectivity index (χ2n) is 4.86. The summed E-state index contributed by atoms with van der Waals surface area (Å²) in [5, 5.41) is 0. The molecule has 0 atom stereocenters. The SMILES string of the molecule is COC(=O)c1ccc(C2CCC(C=O)CC2)cc1. The van der Waals surface area contributed by atoms with Crippen LogP contribution in [0.2, 0.25) is 0 Å². The molecule has 3 heteroatoms. The molecule has 0 spiro atoms. The molecule has 0 bridgehead atoms. The second-order valence-corrected chi connectivity index (χ2v) is 4.86. The zero-order valence-corrected chi connectivity index (χ0v) is 10.6. The minimum absolute atomic E-state index is 0.246. The number of carbonyl (C=O) groups is 2. The maximum Gasteiger partial charge on any atom is 0.337 e. The highest BCUT2D eigenvalue weighted by molar-refractivity contribution is 5.89. The molecule has 1 aliphatic carbocycles. The monoisotopic (exact) mass is 246 g/mol. The van der Waals surface area contributed by atoms with Crippen molar-refractivity contribution in [1.29, 1.82) is 0 Å². The van der Waals surface area contributed by atoms with Crippen LogP contribution in [0.5, 0.6) is 0 Å². The molecule has 1 saturated carbocycles. The Bertz CT molecular complexity index is 414. The normalized spacial score (nSPS) is 23.4. The lowest BCUT2D eigenvalue weighted by molar-refractivity contribution is -0.111. The highest BCUT2D eigenvalue weighted by Crippen LogP contribution is 2.34. The fourth-order valence-corrected chi connectivity index (χ4v) is 2.60. The van der Waals surface area contributed by atoms with Crippen molar-refractivity contribution in [3.63, 3.8) is 0 Å². The van der Waals surface area contributed by atoms with E-state index in [-0.39, 0.29) is 11.9 Å². The van der Waals surface area contributed by atoms with E-state index >= 15 is 0 Å². The standard InChI is InChI=1S/C15H18O3/c1-18-15(17)14-8-6-13(7-9-14)12-4-2-11(10-16)3-5-12/h6-12H,2-5H2,1H3. The number of hydrogen-bond acceptors (Lipinski definition) is 3. The van der Waals surface area contributed by atoms with Crippen molar-refractivity contribution in [1.82, 2.24) is 0 Å². The summed E-state index contributed by atoms with van der Waals surface area (Å²) in [4.78, 5) is 22.0. The van der Waals surface area contributed by atoms with E-state index in [0.29, 0.717) is 11.5 Å². The quantitative estimate of drug-likeness (QED) is 0.608. The first-order chi connectivity index (χ1) is 8.74. The minimum Gasteiger partial charge on any atom is -0.465 e. The summed E-state index contributed by atoms with van der Waals surface area (Å²) in [5.41, 5.74) is 1.84. The number of carbonyl (C=O) groups excluding carboxylic acids is 2. The van der Waals surface area contributed by atoms with Crippen molar-refractivity contribution in [2.24, 2.45) is 5.92 Å². The lowest BCUT2D eigenvalue weighted by Gasteiger charge is -2.25. The summed E-state index contributed by atoms with van der Waals surface area (Å²) >= 11 is 0. The van der Waals surface area contributed by atoms with Gasteiger partial charge in [-0.15, -0.1) is 0 Å². The van der Waals surface area contributed by atoms with Crippen LogP contribution >= 0.6 is 0 Å². The lowest BCUT2D eigenvalue weighted by atomic mass is 9.79. The van der Waals surface area contributed by atoms with Gasteiger partial charge in [0.05, 0.1) is 12.7 Å². The summed E-state index contributed by atoms with van der Waals surface area (Å²) in [7, 11) is 1.39. The molecule has 96 valence electrons. The molecule has 2 rings (SSSR count). The van der Waals surface area contributed by atoms with E-state index in [2.05, 4.69) is 4.74 Å². The zero-order chi connectivity index (χ0) is 13.0. The Morgan fingerprint density at radius 2 is 1.78 bits per heavy atom. The van der Waals surface area contributed by atoms with E-state index in [1.165, 1.54) is 12.7 Å². The molecule has 0 aromatic heterocycles. The topological polar surface area (TPSA) is 43.4 Å². The van der Waals surface area contributed by atoms with Crippen LogP contribution in [0, 0.1) is 5.92 Å². The Hall–Kier alpha value is -1.64. The second kappa shape index (κ2) is 5.80.